The third-order valence-electron chi connectivity index (χ3n) is 11.3. The minimum Gasteiger partial charge on any atom is -0.423 e. The van der Waals surface area contributed by atoms with E-state index in [9.17, 15) is 19.8 Å². The van der Waals surface area contributed by atoms with Gasteiger partial charge < -0.3 is 24.7 Å². The van der Waals surface area contributed by atoms with Crippen molar-refractivity contribution in [2.24, 2.45) is 32.7 Å². The van der Waals surface area contributed by atoms with Crippen LogP contribution in [0, 0.1) is 22.7 Å². The number of aliphatic imine (C=N–C) groups is 2. The summed E-state index contributed by atoms with van der Waals surface area (Å²) in [6, 6.07) is -0.893. The number of rotatable bonds is 8. The maximum Gasteiger partial charge on any atom is 0.343 e. The molecule has 0 radical (unpaired) electrons. The second-order valence-corrected chi connectivity index (χ2v) is 14.5. The van der Waals surface area contributed by atoms with Crippen molar-refractivity contribution in [3.8, 4) is 0 Å². The minimum atomic E-state index is -0.762. The average molecular weight is 673 g/mol. The van der Waals surface area contributed by atoms with Crippen LogP contribution >= 0.6 is 0 Å². The number of aliphatic hydroxyl groups is 2. The summed E-state index contributed by atoms with van der Waals surface area (Å²) in [6.07, 6.45) is 13.5. The van der Waals surface area contributed by atoms with Gasteiger partial charge in [-0.2, -0.15) is 0 Å². The molecule has 3 aliphatic heterocycles. The van der Waals surface area contributed by atoms with Gasteiger partial charge in [-0.05, 0) is 56.7 Å². The molecule has 49 heavy (non-hydrogen) atoms. The summed E-state index contributed by atoms with van der Waals surface area (Å²) in [5.74, 6) is 0.312. The van der Waals surface area contributed by atoms with Crippen molar-refractivity contribution in [1.29, 1.82) is 0 Å². The van der Waals surface area contributed by atoms with E-state index >= 15 is 0 Å². The molecule has 2 saturated carbocycles. The predicted octanol–water partition coefficient (Wildman–Crippen LogP) is 1.86. The number of esters is 1. The zero-order valence-electron chi connectivity index (χ0n) is 28.8. The Labute approximate surface area is 287 Å². The molecular formula is C36H48N8O5. The molecule has 1 saturated heterocycles. The van der Waals surface area contributed by atoms with Gasteiger partial charge in [-0.15, -0.1) is 0 Å². The average Bonchev–Trinajstić information content (AvgIpc) is 3.73. The summed E-state index contributed by atoms with van der Waals surface area (Å²) in [5, 5.41) is 27.9. The molecule has 4 unspecified atom stereocenters. The summed E-state index contributed by atoms with van der Waals surface area (Å²) in [6.45, 7) is 14.3. The number of ether oxygens (including phenoxy) is 1. The standard InChI is InChI=1S/C36H48N8O5/c1-22-27(7-6-25-17-26(49-32(25)48)16-24-19-39-34(40-20-24)44-14-12-43(5)13-15-44)35(3)9-8-30(46)36(4,21-45)29(35)18-28(22)41-23(2)31(47)42-33-37-10-11-38-33/h6-7,10,16-17,19-20,23,27-30,41,45-46H,1,8-9,11-15,18,21H2,2-5H3,(H,38,42,47)/b7-6+,26-16+/t23?,27?,28?,29?,30-,35-,36+/m1/s1. The first-order valence-electron chi connectivity index (χ1n) is 17.1. The first kappa shape index (κ1) is 34.8. The van der Waals surface area contributed by atoms with Gasteiger partial charge in [0.1, 0.15) is 5.76 Å². The van der Waals surface area contributed by atoms with Crippen molar-refractivity contribution < 1.29 is 24.5 Å². The minimum absolute atomic E-state index is 0.112. The molecule has 2 aliphatic carbocycles. The molecule has 1 amide bonds. The van der Waals surface area contributed by atoms with Gasteiger partial charge in [0.05, 0.1) is 30.9 Å². The van der Waals surface area contributed by atoms with E-state index in [1.54, 1.807) is 43.8 Å². The fraction of sp³-hybridized carbons (Fsp3) is 0.556. The number of nitrogens with zero attached hydrogens (tertiary/aromatic N) is 6. The number of likely N-dealkylation sites (N-methyl/N-ethyl adjacent to an activating group) is 1. The first-order chi connectivity index (χ1) is 23.4. The number of fused-ring (bicyclic) bond motifs is 1. The van der Waals surface area contributed by atoms with Crippen molar-refractivity contribution in [2.75, 3.05) is 51.3 Å². The number of guanidine groups is 1. The highest BCUT2D eigenvalue weighted by Gasteiger charge is 2.59. The zero-order valence-corrected chi connectivity index (χ0v) is 28.8. The van der Waals surface area contributed by atoms with Gasteiger partial charge in [0, 0.05) is 67.7 Å². The van der Waals surface area contributed by atoms with Crippen LogP contribution in [0.15, 0.2) is 64.1 Å². The van der Waals surface area contributed by atoms with Crippen molar-refractivity contribution in [2.45, 2.75) is 58.2 Å². The maximum absolute atomic E-state index is 13.0. The van der Waals surface area contributed by atoms with Crippen LogP contribution in [0.2, 0.25) is 0 Å². The Morgan fingerprint density at radius 2 is 1.96 bits per heavy atom. The van der Waals surface area contributed by atoms with E-state index < -0.39 is 23.5 Å². The van der Waals surface area contributed by atoms with Crippen LogP contribution in [0.3, 0.4) is 0 Å². The smallest absolute Gasteiger partial charge is 0.343 e. The molecule has 5 aliphatic rings. The van der Waals surface area contributed by atoms with Gasteiger partial charge in [0.25, 0.3) is 0 Å². The normalized spacial score (nSPS) is 33.4. The lowest BCUT2D eigenvalue weighted by atomic mass is 9.45. The Balaban J connectivity index is 1.22. The number of aromatic nitrogens is 2. The van der Waals surface area contributed by atoms with Gasteiger partial charge >= 0.3 is 5.97 Å². The molecule has 0 aromatic carbocycles. The van der Waals surface area contributed by atoms with Crippen LogP contribution < -0.4 is 15.5 Å². The Kier molecular flexibility index (Phi) is 9.99. The summed E-state index contributed by atoms with van der Waals surface area (Å²) in [5.41, 5.74) is 0.869. The van der Waals surface area contributed by atoms with Crippen molar-refractivity contribution in [1.82, 2.24) is 25.5 Å². The Morgan fingerprint density at radius 1 is 1.22 bits per heavy atom. The third-order valence-corrected chi connectivity index (χ3v) is 11.3. The number of amides is 1. The summed E-state index contributed by atoms with van der Waals surface area (Å²) < 4.78 is 5.60. The molecule has 262 valence electrons. The van der Waals surface area contributed by atoms with Gasteiger partial charge in [-0.25, -0.2) is 24.7 Å². The van der Waals surface area contributed by atoms with Gasteiger partial charge in [-0.3, -0.25) is 15.4 Å². The molecule has 1 aromatic heterocycles. The van der Waals surface area contributed by atoms with E-state index in [0.29, 0.717) is 43.1 Å². The molecule has 4 heterocycles. The van der Waals surface area contributed by atoms with E-state index in [2.05, 4.69) is 60.9 Å². The van der Waals surface area contributed by atoms with Crippen LogP contribution in [0.1, 0.15) is 45.6 Å². The number of nitrogens with one attached hydrogen (secondary N) is 2. The number of carbonyl (C=O) groups is 2. The number of hydrogen-bond acceptors (Lipinski definition) is 12. The van der Waals surface area contributed by atoms with Crippen LogP contribution in [0.25, 0.3) is 6.08 Å². The number of aliphatic hydroxyl groups excluding tert-OH is 2. The highest BCUT2D eigenvalue weighted by atomic mass is 16.5. The number of hydrogen-bond donors (Lipinski definition) is 4. The second kappa shape index (κ2) is 14.1. The Morgan fingerprint density at radius 3 is 2.63 bits per heavy atom. The highest BCUT2D eigenvalue weighted by Crippen LogP contribution is 2.61. The summed E-state index contributed by atoms with van der Waals surface area (Å²) >= 11 is 0. The highest BCUT2D eigenvalue weighted by molar-refractivity contribution is 6.04. The molecule has 13 heteroatoms. The van der Waals surface area contributed by atoms with Gasteiger partial charge in [-0.1, -0.05) is 38.2 Å². The fourth-order valence-corrected chi connectivity index (χ4v) is 8.11. The van der Waals surface area contributed by atoms with Crippen LogP contribution in [-0.4, -0.2) is 114 Å². The van der Waals surface area contributed by atoms with E-state index in [0.717, 1.165) is 37.3 Å². The molecule has 13 nitrogen and oxygen atoms in total. The second-order valence-electron chi connectivity index (χ2n) is 14.5. The number of carbonyl (C=O) groups excluding carboxylic acids is 2. The molecule has 1 aromatic rings. The maximum atomic E-state index is 13.0. The van der Waals surface area contributed by atoms with Gasteiger partial charge in [0.2, 0.25) is 17.8 Å². The van der Waals surface area contributed by atoms with E-state index in [1.165, 1.54) is 0 Å². The molecular weight excluding hydrogens is 624 g/mol. The molecule has 4 N–H and O–H groups in total. The van der Waals surface area contributed by atoms with Crippen molar-refractivity contribution >= 4 is 36.1 Å². The molecule has 7 atom stereocenters. The topological polar surface area (TPSA) is 165 Å². The number of piperazine rings is 1. The number of anilines is 1. The van der Waals surface area contributed by atoms with Crippen LogP contribution in [0.4, 0.5) is 5.95 Å². The fourth-order valence-electron chi connectivity index (χ4n) is 8.11. The van der Waals surface area contributed by atoms with Crippen LogP contribution in [-0.2, 0) is 14.3 Å². The lowest BCUT2D eigenvalue weighted by molar-refractivity contribution is -0.149. The van der Waals surface area contributed by atoms with E-state index in [-0.39, 0.29) is 41.8 Å². The van der Waals surface area contributed by atoms with E-state index in [1.807, 2.05) is 13.0 Å². The van der Waals surface area contributed by atoms with Crippen LogP contribution in [0.5, 0.6) is 0 Å². The van der Waals surface area contributed by atoms with E-state index in [4.69, 9.17) is 4.74 Å². The Bertz CT molecular complexity index is 1610. The largest absolute Gasteiger partial charge is 0.423 e. The molecule has 0 bridgehead atoms. The molecule has 3 fully saturated rings. The van der Waals surface area contributed by atoms with Crippen molar-refractivity contribution in [3.05, 3.63) is 59.7 Å². The quantitative estimate of drug-likeness (QED) is 0.237. The number of allylic oxidation sites excluding steroid dienone is 2. The lowest BCUT2D eigenvalue weighted by Gasteiger charge is -2.61. The number of cyclic esters (lactones) is 1. The summed E-state index contributed by atoms with van der Waals surface area (Å²) in [7, 11) is 2.10. The lowest BCUT2D eigenvalue weighted by Crippen LogP contribution is -2.62. The Hall–Kier alpha value is -4.04. The van der Waals surface area contributed by atoms with Crippen molar-refractivity contribution in [3.63, 3.8) is 0 Å². The predicted molar refractivity (Wildman–Crippen MR) is 188 cm³/mol. The first-order valence-corrected chi connectivity index (χ1v) is 17.1. The SMILES string of the molecule is C=C1C(NC(C)C(=O)NC2=NCC=N2)CC2[C@](C)(CC[C@@H](O)[C@@]2(C)CO)C1/C=C/C1=CC(=C\c2cnc(N3CCN(C)CC3)nc2)/OC1=O. The monoisotopic (exact) mass is 672 g/mol. The third kappa shape index (κ3) is 7.03. The molecule has 0 spiro atoms. The zero-order chi connectivity index (χ0) is 34.9. The summed E-state index contributed by atoms with van der Waals surface area (Å²) in [4.78, 5) is 47.8. The van der Waals surface area contributed by atoms with Gasteiger partial charge in [0.15, 0.2) is 0 Å². The molecule has 6 rings (SSSR count).